The highest BCUT2D eigenvalue weighted by molar-refractivity contribution is 4.98. The van der Waals surface area contributed by atoms with Crippen molar-refractivity contribution < 1.29 is 24.8 Å². The topological polar surface area (TPSA) is 157 Å². The molecule has 0 radical (unpaired) electrons. The van der Waals surface area contributed by atoms with Crippen molar-refractivity contribution in [2.75, 3.05) is 6.54 Å². The Kier molecular flexibility index (Phi) is 5.32. The Labute approximate surface area is 117 Å². The van der Waals surface area contributed by atoms with Crippen LogP contribution in [0.15, 0.2) is 0 Å². The van der Waals surface area contributed by atoms with Crippen LogP contribution < -0.4 is 17.2 Å². The minimum atomic E-state index is -1.21. The van der Waals surface area contributed by atoms with Crippen molar-refractivity contribution in [1.82, 2.24) is 0 Å². The predicted molar refractivity (Wildman–Crippen MR) is 70.4 cm³/mol. The highest BCUT2D eigenvalue weighted by Gasteiger charge is 2.44. The largest absolute Gasteiger partial charge is 0.389 e. The lowest BCUT2D eigenvalue weighted by Gasteiger charge is -2.43. The van der Waals surface area contributed by atoms with E-state index in [4.69, 9.17) is 26.7 Å². The molecule has 0 aromatic heterocycles. The smallest absolute Gasteiger partial charge is 0.184 e. The maximum Gasteiger partial charge on any atom is 0.184 e. The van der Waals surface area contributed by atoms with Crippen LogP contribution in [0.4, 0.5) is 0 Å². The number of aliphatic hydroxyl groups is 3. The number of hydrogen-bond acceptors (Lipinski definition) is 8. The van der Waals surface area contributed by atoms with E-state index in [-0.39, 0.29) is 6.10 Å². The number of nitrogens with two attached hydrogens (primary N) is 3. The highest BCUT2D eigenvalue weighted by atomic mass is 16.7. The second-order valence-electron chi connectivity index (χ2n) is 5.65. The van der Waals surface area contributed by atoms with Gasteiger partial charge in [0.1, 0.15) is 18.3 Å². The quantitative estimate of drug-likeness (QED) is 0.320. The molecule has 1 saturated heterocycles. The molecule has 0 spiro atoms. The fourth-order valence-electron chi connectivity index (χ4n) is 2.76. The normalized spacial score (nSPS) is 50.1. The van der Waals surface area contributed by atoms with Crippen molar-refractivity contribution in [2.45, 2.75) is 68.2 Å². The van der Waals surface area contributed by atoms with Gasteiger partial charge >= 0.3 is 0 Å². The molecule has 1 aliphatic carbocycles. The van der Waals surface area contributed by atoms with Crippen molar-refractivity contribution >= 4 is 0 Å². The molecule has 9 N–H and O–H groups in total. The Morgan fingerprint density at radius 1 is 1.05 bits per heavy atom. The second-order valence-corrected chi connectivity index (χ2v) is 5.65. The summed E-state index contributed by atoms with van der Waals surface area (Å²) in [5.41, 5.74) is 17.1. The molecule has 1 saturated carbocycles. The Morgan fingerprint density at radius 3 is 2.40 bits per heavy atom. The van der Waals surface area contributed by atoms with Gasteiger partial charge < -0.3 is 42.0 Å². The monoisotopic (exact) mass is 291 g/mol. The van der Waals surface area contributed by atoms with E-state index in [0.717, 1.165) is 0 Å². The van der Waals surface area contributed by atoms with Gasteiger partial charge in [0.15, 0.2) is 6.29 Å². The average Bonchev–Trinajstić information content (AvgIpc) is 2.43. The summed E-state index contributed by atoms with van der Waals surface area (Å²) in [4.78, 5) is 0. The van der Waals surface area contributed by atoms with Gasteiger partial charge in [-0.1, -0.05) is 0 Å². The van der Waals surface area contributed by atoms with E-state index in [1.54, 1.807) is 0 Å². The van der Waals surface area contributed by atoms with Crippen LogP contribution in [0.5, 0.6) is 0 Å². The van der Waals surface area contributed by atoms with Crippen LogP contribution in [0.3, 0.4) is 0 Å². The third-order valence-corrected chi connectivity index (χ3v) is 4.07. The maximum absolute atomic E-state index is 10.0. The number of hydrogen-bond donors (Lipinski definition) is 6. The van der Waals surface area contributed by atoms with Gasteiger partial charge in [0.05, 0.1) is 12.2 Å². The van der Waals surface area contributed by atoms with E-state index in [9.17, 15) is 15.3 Å². The minimum Gasteiger partial charge on any atom is -0.389 e. The summed E-state index contributed by atoms with van der Waals surface area (Å²) in [6.45, 7) is 0.333. The SMILES string of the molecule is NC[C@@H]1CC[C@H](O)[C@@H](O[C@H]2[C@H](O)[C@@H](O)[C@H](N)C[C@@H]2N)O1. The number of ether oxygens (including phenoxy) is 2. The molecule has 118 valence electrons. The van der Waals surface area contributed by atoms with Crippen LogP contribution >= 0.6 is 0 Å². The van der Waals surface area contributed by atoms with E-state index >= 15 is 0 Å². The molecule has 2 fully saturated rings. The lowest BCUT2D eigenvalue weighted by atomic mass is 9.84. The summed E-state index contributed by atoms with van der Waals surface area (Å²) >= 11 is 0. The third-order valence-electron chi connectivity index (χ3n) is 4.07. The Hall–Kier alpha value is -0.320. The zero-order chi connectivity index (χ0) is 14.9. The van der Waals surface area contributed by atoms with Crippen LogP contribution in [0.2, 0.25) is 0 Å². The number of aliphatic hydroxyl groups excluding tert-OH is 3. The van der Waals surface area contributed by atoms with Crippen molar-refractivity contribution in [3.05, 3.63) is 0 Å². The van der Waals surface area contributed by atoms with E-state index in [0.29, 0.717) is 25.8 Å². The van der Waals surface area contributed by atoms with E-state index < -0.39 is 42.8 Å². The zero-order valence-corrected chi connectivity index (χ0v) is 11.3. The summed E-state index contributed by atoms with van der Waals surface area (Å²) in [6.07, 6.45) is -3.54. The Bertz CT molecular complexity index is 321. The molecule has 0 aromatic carbocycles. The third kappa shape index (κ3) is 3.29. The van der Waals surface area contributed by atoms with Gasteiger partial charge in [0.2, 0.25) is 0 Å². The van der Waals surface area contributed by atoms with Crippen LogP contribution in [0.25, 0.3) is 0 Å². The molecular weight excluding hydrogens is 266 g/mol. The van der Waals surface area contributed by atoms with Gasteiger partial charge in [0.25, 0.3) is 0 Å². The molecule has 0 unspecified atom stereocenters. The molecule has 8 heteroatoms. The van der Waals surface area contributed by atoms with Gasteiger partial charge in [-0.05, 0) is 19.3 Å². The zero-order valence-electron chi connectivity index (χ0n) is 11.3. The molecule has 8 nitrogen and oxygen atoms in total. The van der Waals surface area contributed by atoms with Crippen molar-refractivity contribution in [1.29, 1.82) is 0 Å². The molecular formula is C12H25N3O5. The second kappa shape index (κ2) is 6.63. The van der Waals surface area contributed by atoms with Crippen LogP contribution in [-0.4, -0.2) is 70.8 Å². The average molecular weight is 291 g/mol. The standard InChI is InChI=1S/C12H25N3O5/c13-4-5-1-2-8(16)12(19-5)20-11-7(15)3-6(14)9(17)10(11)18/h5-12,16-18H,1-4,13-15H2/t5-,6+,7-,8-,9-,10+,11+,12+/m0/s1. The minimum absolute atomic E-state index is 0.187. The first-order valence-electron chi connectivity index (χ1n) is 7.00. The van der Waals surface area contributed by atoms with Gasteiger partial charge in [-0.25, -0.2) is 0 Å². The molecule has 0 amide bonds. The van der Waals surface area contributed by atoms with Gasteiger partial charge in [0, 0.05) is 18.6 Å². The van der Waals surface area contributed by atoms with Crippen LogP contribution in [0.1, 0.15) is 19.3 Å². The highest BCUT2D eigenvalue weighted by Crippen LogP contribution is 2.26. The maximum atomic E-state index is 10.0. The molecule has 20 heavy (non-hydrogen) atoms. The van der Waals surface area contributed by atoms with Crippen molar-refractivity contribution in [3.63, 3.8) is 0 Å². The summed E-state index contributed by atoms with van der Waals surface area (Å²) in [5, 5.41) is 29.7. The van der Waals surface area contributed by atoms with E-state index in [1.807, 2.05) is 0 Å². The van der Waals surface area contributed by atoms with Crippen LogP contribution in [0, 0.1) is 0 Å². The summed E-state index contributed by atoms with van der Waals surface area (Å²) in [6, 6.07) is -1.12. The van der Waals surface area contributed by atoms with Crippen molar-refractivity contribution in [2.24, 2.45) is 17.2 Å². The lowest BCUT2D eigenvalue weighted by molar-refractivity contribution is -0.278. The van der Waals surface area contributed by atoms with E-state index in [1.165, 1.54) is 0 Å². The lowest BCUT2D eigenvalue weighted by Crippen LogP contribution is -2.63. The van der Waals surface area contributed by atoms with Crippen LogP contribution in [-0.2, 0) is 9.47 Å². The van der Waals surface area contributed by atoms with Gasteiger partial charge in [-0.3, -0.25) is 0 Å². The van der Waals surface area contributed by atoms with E-state index in [2.05, 4.69) is 0 Å². The molecule has 1 aliphatic heterocycles. The fourth-order valence-corrected chi connectivity index (χ4v) is 2.76. The van der Waals surface area contributed by atoms with Gasteiger partial charge in [-0.15, -0.1) is 0 Å². The molecule has 1 heterocycles. The first-order chi connectivity index (χ1) is 9.43. The molecule has 2 rings (SSSR count). The molecule has 0 bridgehead atoms. The molecule has 2 aliphatic rings. The first kappa shape index (κ1) is 16.1. The molecule has 0 aromatic rings. The Balaban J connectivity index is 2.00. The Morgan fingerprint density at radius 2 is 1.75 bits per heavy atom. The molecule has 8 atom stereocenters. The van der Waals surface area contributed by atoms with Crippen molar-refractivity contribution in [3.8, 4) is 0 Å². The fraction of sp³-hybridized carbons (Fsp3) is 1.00. The summed E-state index contributed by atoms with van der Waals surface area (Å²) < 4.78 is 11.1. The predicted octanol–water partition coefficient (Wildman–Crippen LogP) is -3.02. The number of rotatable bonds is 3. The summed E-state index contributed by atoms with van der Waals surface area (Å²) in [7, 11) is 0. The van der Waals surface area contributed by atoms with Gasteiger partial charge in [-0.2, -0.15) is 0 Å². The first-order valence-corrected chi connectivity index (χ1v) is 7.00. The summed E-state index contributed by atoms with van der Waals surface area (Å²) in [5.74, 6) is 0.